The van der Waals surface area contributed by atoms with Crippen LogP contribution in [0, 0.1) is 5.92 Å². The molecule has 0 aliphatic carbocycles. The zero-order valence-corrected chi connectivity index (χ0v) is 17.4. The maximum absolute atomic E-state index is 12.5. The molecule has 0 aromatic heterocycles. The number of benzene rings is 2. The van der Waals surface area contributed by atoms with Gasteiger partial charge in [0.05, 0.1) is 14.2 Å². The lowest BCUT2D eigenvalue weighted by molar-refractivity contribution is -0.134. The summed E-state index contributed by atoms with van der Waals surface area (Å²) in [6.07, 6.45) is 1.69. The minimum atomic E-state index is -0.165. The minimum Gasteiger partial charge on any atom is -0.497 e. The van der Waals surface area contributed by atoms with Gasteiger partial charge in [-0.2, -0.15) is 0 Å². The Kier molecular flexibility index (Phi) is 7.54. The van der Waals surface area contributed by atoms with Crippen LogP contribution in [0.15, 0.2) is 48.5 Å². The van der Waals surface area contributed by atoms with Crippen LogP contribution in [0.5, 0.6) is 17.2 Å². The van der Waals surface area contributed by atoms with Crippen LogP contribution in [-0.2, 0) is 4.79 Å². The Labute approximate surface area is 176 Å². The van der Waals surface area contributed by atoms with E-state index in [-0.39, 0.29) is 18.4 Å². The Morgan fingerprint density at radius 3 is 2.20 bits per heavy atom. The molecule has 1 fully saturated rings. The number of nitrogens with one attached hydrogen (secondary N) is 1. The fraction of sp³-hybridized carbons (Fsp3) is 0.391. The molecule has 1 heterocycles. The summed E-state index contributed by atoms with van der Waals surface area (Å²) in [5, 5.41) is 2.98. The van der Waals surface area contributed by atoms with Crippen molar-refractivity contribution in [2.45, 2.75) is 12.8 Å². The molecular formula is C23H28N2O5. The molecule has 7 heteroatoms. The van der Waals surface area contributed by atoms with Crippen molar-refractivity contribution in [2.75, 3.05) is 40.5 Å². The van der Waals surface area contributed by atoms with E-state index in [1.807, 2.05) is 35.2 Å². The van der Waals surface area contributed by atoms with Gasteiger partial charge >= 0.3 is 0 Å². The summed E-state index contributed by atoms with van der Waals surface area (Å²) < 4.78 is 16.0. The van der Waals surface area contributed by atoms with Crippen molar-refractivity contribution in [1.29, 1.82) is 0 Å². The van der Waals surface area contributed by atoms with Gasteiger partial charge in [-0.3, -0.25) is 9.59 Å². The second kappa shape index (κ2) is 10.5. The van der Waals surface area contributed by atoms with Gasteiger partial charge in [-0.15, -0.1) is 0 Å². The molecule has 0 radical (unpaired) electrons. The topological polar surface area (TPSA) is 77.1 Å². The summed E-state index contributed by atoms with van der Waals surface area (Å²) in [6.45, 7) is 1.96. The number of methoxy groups -OCH3 is 2. The zero-order valence-electron chi connectivity index (χ0n) is 17.4. The highest BCUT2D eigenvalue weighted by atomic mass is 16.5. The molecule has 3 rings (SSSR count). The van der Waals surface area contributed by atoms with Gasteiger partial charge in [0.2, 0.25) is 0 Å². The number of rotatable bonds is 8. The summed E-state index contributed by atoms with van der Waals surface area (Å²) in [5.41, 5.74) is 0.497. The van der Waals surface area contributed by atoms with Gasteiger partial charge in [0.25, 0.3) is 11.8 Å². The van der Waals surface area contributed by atoms with Gasteiger partial charge in [-0.25, -0.2) is 0 Å². The molecule has 2 amide bonds. The average molecular weight is 412 g/mol. The van der Waals surface area contributed by atoms with E-state index < -0.39 is 0 Å². The molecule has 0 unspecified atom stereocenters. The van der Waals surface area contributed by atoms with Gasteiger partial charge < -0.3 is 24.4 Å². The highest BCUT2D eigenvalue weighted by Gasteiger charge is 2.23. The Morgan fingerprint density at radius 1 is 0.967 bits per heavy atom. The minimum absolute atomic E-state index is 0.00943. The number of carbonyl (C=O) groups excluding carboxylic acids is 2. The lowest BCUT2D eigenvalue weighted by Crippen LogP contribution is -2.43. The smallest absolute Gasteiger partial charge is 0.260 e. The Balaban J connectivity index is 1.42. The zero-order chi connectivity index (χ0) is 21.3. The molecule has 160 valence electrons. The number of piperidine rings is 1. The van der Waals surface area contributed by atoms with Crippen molar-refractivity contribution in [3.63, 3.8) is 0 Å². The molecule has 0 spiro atoms. The van der Waals surface area contributed by atoms with Gasteiger partial charge in [-0.1, -0.05) is 18.2 Å². The van der Waals surface area contributed by atoms with Crippen LogP contribution in [-0.4, -0.2) is 57.2 Å². The normalized spacial score (nSPS) is 14.1. The first-order valence-corrected chi connectivity index (χ1v) is 10.1. The molecule has 0 saturated carbocycles. The fourth-order valence-electron chi connectivity index (χ4n) is 3.42. The first-order valence-electron chi connectivity index (χ1n) is 10.1. The summed E-state index contributed by atoms with van der Waals surface area (Å²) >= 11 is 0. The Hall–Kier alpha value is -3.22. The second-order valence-corrected chi connectivity index (χ2v) is 7.24. The molecule has 2 aromatic carbocycles. The van der Waals surface area contributed by atoms with Crippen LogP contribution < -0.4 is 19.5 Å². The first kappa shape index (κ1) is 21.5. The molecule has 0 atom stereocenters. The summed E-state index contributed by atoms with van der Waals surface area (Å²) in [6, 6.07) is 14.4. The quantitative estimate of drug-likeness (QED) is 0.722. The van der Waals surface area contributed by atoms with Crippen LogP contribution in [0.25, 0.3) is 0 Å². The second-order valence-electron chi connectivity index (χ2n) is 7.24. The van der Waals surface area contributed by atoms with Gasteiger partial charge in [0.15, 0.2) is 6.61 Å². The maximum Gasteiger partial charge on any atom is 0.260 e. The molecule has 0 bridgehead atoms. The van der Waals surface area contributed by atoms with Crippen LogP contribution in [0.2, 0.25) is 0 Å². The monoisotopic (exact) mass is 412 g/mol. The molecule has 2 aromatic rings. The Bertz CT molecular complexity index is 826. The molecule has 1 aliphatic rings. The van der Waals surface area contributed by atoms with Gasteiger partial charge in [0, 0.05) is 31.3 Å². The third-order valence-electron chi connectivity index (χ3n) is 5.24. The van der Waals surface area contributed by atoms with Crippen LogP contribution >= 0.6 is 0 Å². The van der Waals surface area contributed by atoms with Crippen molar-refractivity contribution in [1.82, 2.24) is 10.2 Å². The summed E-state index contributed by atoms with van der Waals surface area (Å²) in [4.78, 5) is 26.7. The number of para-hydroxylation sites is 1. The lowest BCUT2D eigenvalue weighted by atomic mass is 9.96. The average Bonchev–Trinajstić information content (AvgIpc) is 2.81. The number of hydrogen-bond donors (Lipinski definition) is 1. The third-order valence-corrected chi connectivity index (χ3v) is 5.24. The van der Waals surface area contributed by atoms with Crippen molar-refractivity contribution >= 4 is 11.8 Å². The van der Waals surface area contributed by atoms with Crippen molar-refractivity contribution in [3.8, 4) is 17.2 Å². The van der Waals surface area contributed by atoms with E-state index in [4.69, 9.17) is 14.2 Å². The molecule has 1 saturated heterocycles. The highest BCUT2D eigenvalue weighted by Crippen LogP contribution is 2.23. The number of nitrogens with zero attached hydrogens (tertiary/aromatic N) is 1. The molecular weight excluding hydrogens is 384 g/mol. The van der Waals surface area contributed by atoms with E-state index in [2.05, 4.69) is 5.32 Å². The molecule has 7 nitrogen and oxygen atoms in total. The largest absolute Gasteiger partial charge is 0.497 e. The SMILES string of the molecule is COc1cc(OC)cc(C(=O)NCC2CCN(C(=O)COc3ccccc3)CC2)c1. The Morgan fingerprint density at radius 2 is 1.60 bits per heavy atom. The summed E-state index contributed by atoms with van der Waals surface area (Å²) in [5.74, 6) is 2.00. The molecule has 1 aliphatic heterocycles. The predicted molar refractivity (Wildman–Crippen MR) is 113 cm³/mol. The van der Waals surface area contributed by atoms with Crippen LogP contribution in [0.4, 0.5) is 0 Å². The number of carbonyl (C=O) groups is 2. The lowest BCUT2D eigenvalue weighted by Gasteiger charge is -2.32. The van der Waals surface area contributed by atoms with Crippen LogP contribution in [0.3, 0.4) is 0 Å². The van der Waals surface area contributed by atoms with E-state index in [0.29, 0.717) is 48.4 Å². The summed E-state index contributed by atoms with van der Waals surface area (Å²) in [7, 11) is 3.10. The van der Waals surface area contributed by atoms with Gasteiger partial charge in [0.1, 0.15) is 17.2 Å². The van der Waals surface area contributed by atoms with Crippen molar-refractivity contribution in [3.05, 3.63) is 54.1 Å². The molecule has 1 N–H and O–H groups in total. The van der Waals surface area contributed by atoms with E-state index in [0.717, 1.165) is 12.8 Å². The van der Waals surface area contributed by atoms with Crippen molar-refractivity contribution < 1.29 is 23.8 Å². The number of ether oxygens (including phenoxy) is 3. The van der Waals surface area contributed by atoms with Crippen LogP contribution in [0.1, 0.15) is 23.2 Å². The highest BCUT2D eigenvalue weighted by molar-refractivity contribution is 5.95. The third kappa shape index (κ3) is 5.89. The fourth-order valence-corrected chi connectivity index (χ4v) is 3.42. The number of amides is 2. The van der Waals surface area contributed by atoms with Crippen molar-refractivity contribution in [2.24, 2.45) is 5.92 Å². The number of hydrogen-bond acceptors (Lipinski definition) is 5. The first-order chi connectivity index (χ1) is 14.6. The van der Waals surface area contributed by atoms with E-state index in [1.165, 1.54) is 0 Å². The van der Waals surface area contributed by atoms with Gasteiger partial charge in [-0.05, 0) is 43.0 Å². The standard InChI is InChI=1S/C23H28N2O5/c1-28-20-12-18(13-21(14-20)29-2)23(27)24-15-17-8-10-25(11-9-17)22(26)16-30-19-6-4-3-5-7-19/h3-7,12-14,17H,8-11,15-16H2,1-2H3,(H,24,27). The van der Waals surface area contributed by atoms with E-state index >= 15 is 0 Å². The maximum atomic E-state index is 12.5. The molecule has 30 heavy (non-hydrogen) atoms. The van der Waals surface area contributed by atoms with E-state index in [1.54, 1.807) is 32.4 Å². The predicted octanol–water partition coefficient (Wildman–Crippen LogP) is 2.75. The van der Waals surface area contributed by atoms with E-state index in [9.17, 15) is 9.59 Å². The number of likely N-dealkylation sites (tertiary alicyclic amines) is 1.